The van der Waals surface area contributed by atoms with E-state index in [-0.39, 0.29) is 42.6 Å². The Bertz CT molecular complexity index is 870. The van der Waals surface area contributed by atoms with Crippen LogP contribution >= 0.6 is 0 Å². The molecule has 9 nitrogen and oxygen atoms in total. The van der Waals surface area contributed by atoms with E-state index in [2.05, 4.69) is 16.0 Å². The number of nitrogens with one attached hydrogen (secondary N) is 3. The second-order valence-corrected chi connectivity index (χ2v) is 9.84. The monoisotopic (exact) mass is 446 g/mol. The van der Waals surface area contributed by atoms with Crippen molar-refractivity contribution < 1.29 is 23.9 Å². The van der Waals surface area contributed by atoms with Crippen molar-refractivity contribution in [3.05, 3.63) is 24.3 Å². The number of carbonyl (C=O) groups excluding carboxylic acids is 4. The van der Waals surface area contributed by atoms with Crippen molar-refractivity contribution in [1.82, 2.24) is 10.2 Å². The fourth-order valence-corrected chi connectivity index (χ4v) is 3.27. The third-order valence-corrected chi connectivity index (χ3v) is 4.78. The largest absolute Gasteiger partial charge is 0.444 e. The molecule has 9 heteroatoms. The number of rotatable bonds is 6. The fraction of sp³-hybridized carbons (Fsp3) is 0.565. The average molecular weight is 447 g/mol. The number of anilines is 2. The lowest BCUT2D eigenvalue weighted by molar-refractivity contribution is -0.131. The average Bonchev–Trinajstić information content (AvgIpc) is 3.04. The predicted molar refractivity (Wildman–Crippen MR) is 122 cm³/mol. The van der Waals surface area contributed by atoms with Gasteiger partial charge in [-0.25, -0.2) is 4.79 Å². The van der Waals surface area contributed by atoms with Gasteiger partial charge >= 0.3 is 6.09 Å². The van der Waals surface area contributed by atoms with Crippen molar-refractivity contribution in [2.75, 3.05) is 23.7 Å². The Morgan fingerprint density at radius 1 is 1.03 bits per heavy atom. The highest BCUT2D eigenvalue weighted by Gasteiger charge is 2.39. The highest BCUT2D eigenvalue weighted by atomic mass is 16.6. The van der Waals surface area contributed by atoms with Crippen molar-refractivity contribution in [3.8, 4) is 0 Å². The fourth-order valence-electron chi connectivity index (χ4n) is 3.27. The van der Waals surface area contributed by atoms with Gasteiger partial charge in [0, 0.05) is 31.5 Å². The van der Waals surface area contributed by atoms with Crippen molar-refractivity contribution in [2.24, 2.45) is 5.92 Å². The number of nitrogens with zero attached hydrogens (tertiary/aromatic N) is 1. The first kappa shape index (κ1) is 25.2. The standard InChI is InChI=1S/C23H34N4O5/c1-22(2,3)27-14-15(13-19(27)29)20(30)26-17-10-8-7-9-16(17)25-18(28)11-12-24-21(31)32-23(4,5)6/h7-10,15H,11-14H2,1-6H3,(H,24,31)(H,25,28)(H,26,30). The molecule has 1 heterocycles. The molecule has 0 aliphatic carbocycles. The second kappa shape index (κ2) is 10.0. The van der Waals surface area contributed by atoms with Crippen molar-refractivity contribution >= 4 is 35.2 Å². The molecule has 1 unspecified atom stereocenters. The molecule has 0 bridgehead atoms. The van der Waals surface area contributed by atoms with Gasteiger partial charge in [-0.1, -0.05) is 12.1 Å². The smallest absolute Gasteiger partial charge is 0.407 e. The summed E-state index contributed by atoms with van der Waals surface area (Å²) in [5.74, 6) is -1.09. The normalized spacial score (nSPS) is 16.5. The van der Waals surface area contributed by atoms with E-state index in [1.165, 1.54) is 0 Å². The molecular weight excluding hydrogens is 412 g/mol. The van der Waals surface area contributed by atoms with Gasteiger partial charge in [0.1, 0.15) is 5.60 Å². The number of alkyl carbamates (subject to hydrolysis) is 1. The maximum Gasteiger partial charge on any atom is 0.407 e. The summed E-state index contributed by atoms with van der Waals surface area (Å²) in [6, 6.07) is 6.85. The van der Waals surface area contributed by atoms with Gasteiger partial charge < -0.3 is 25.6 Å². The quantitative estimate of drug-likeness (QED) is 0.621. The van der Waals surface area contributed by atoms with Crippen LogP contribution in [0, 0.1) is 5.92 Å². The van der Waals surface area contributed by atoms with Gasteiger partial charge in [0.05, 0.1) is 17.3 Å². The number of benzene rings is 1. The minimum absolute atomic E-state index is 0.0409. The summed E-state index contributed by atoms with van der Waals surface area (Å²) in [7, 11) is 0. The Balaban J connectivity index is 1.91. The van der Waals surface area contributed by atoms with Gasteiger partial charge in [-0.2, -0.15) is 0 Å². The van der Waals surface area contributed by atoms with Crippen LogP contribution in [0.5, 0.6) is 0 Å². The molecule has 0 aromatic heterocycles. The van der Waals surface area contributed by atoms with E-state index in [1.807, 2.05) is 20.8 Å². The summed E-state index contributed by atoms with van der Waals surface area (Å²) in [4.78, 5) is 50.7. The van der Waals surface area contributed by atoms with Crippen LogP contribution in [0.4, 0.5) is 16.2 Å². The molecule has 1 saturated heterocycles. The van der Waals surface area contributed by atoms with E-state index in [0.717, 1.165) is 0 Å². The van der Waals surface area contributed by atoms with E-state index in [1.54, 1.807) is 49.9 Å². The first-order valence-electron chi connectivity index (χ1n) is 10.7. The lowest BCUT2D eigenvalue weighted by Gasteiger charge is -2.32. The SMILES string of the molecule is CC(C)(C)OC(=O)NCCC(=O)Nc1ccccc1NC(=O)C1CC(=O)N(C(C)(C)C)C1. The van der Waals surface area contributed by atoms with Crippen molar-refractivity contribution in [3.63, 3.8) is 0 Å². The molecule has 1 atom stereocenters. The van der Waals surface area contributed by atoms with Crippen LogP contribution in [0.25, 0.3) is 0 Å². The maximum atomic E-state index is 12.8. The molecule has 1 aromatic carbocycles. The van der Waals surface area contributed by atoms with Gasteiger partial charge in [-0.05, 0) is 53.7 Å². The number of amides is 4. The Kier molecular flexibility index (Phi) is 7.87. The third-order valence-electron chi connectivity index (χ3n) is 4.78. The van der Waals surface area contributed by atoms with Crippen LogP contribution in [0.1, 0.15) is 54.4 Å². The van der Waals surface area contributed by atoms with E-state index in [0.29, 0.717) is 17.9 Å². The van der Waals surface area contributed by atoms with Gasteiger partial charge in [-0.3, -0.25) is 14.4 Å². The molecule has 1 aliphatic heterocycles. The first-order chi connectivity index (χ1) is 14.8. The molecular formula is C23H34N4O5. The summed E-state index contributed by atoms with van der Waals surface area (Å²) in [6.07, 6.45) is -0.388. The summed E-state index contributed by atoms with van der Waals surface area (Å²) < 4.78 is 5.13. The Hall–Kier alpha value is -3.10. The zero-order valence-corrected chi connectivity index (χ0v) is 19.7. The topological polar surface area (TPSA) is 117 Å². The Labute approximate surface area is 189 Å². The number of carbonyl (C=O) groups is 4. The van der Waals surface area contributed by atoms with Crippen LogP contribution in [-0.4, -0.2) is 52.9 Å². The molecule has 1 aliphatic rings. The van der Waals surface area contributed by atoms with Crippen LogP contribution < -0.4 is 16.0 Å². The van der Waals surface area contributed by atoms with Crippen molar-refractivity contribution in [2.45, 2.75) is 65.5 Å². The predicted octanol–water partition coefficient (Wildman–Crippen LogP) is 3.13. The number of hydrogen-bond acceptors (Lipinski definition) is 5. The lowest BCUT2D eigenvalue weighted by Crippen LogP contribution is -2.42. The zero-order chi connectivity index (χ0) is 24.1. The minimum Gasteiger partial charge on any atom is -0.444 e. The van der Waals surface area contributed by atoms with Crippen LogP contribution in [0.2, 0.25) is 0 Å². The van der Waals surface area contributed by atoms with Crippen molar-refractivity contribution in [1.29, 1.82) is 0 Å². The molecule has 176 valence electrons. The summed E-state index contributed by atoms with van der Waals surface area (Å²) in [5, 5.41) is 8.11. The molecule has 32 heavy (non-hydrogen) atoms. The van der Waals surface area contributed by atoms with E-state index < -0.39 is 17.6 Å². The summed E-state index contributed by atoms with van der Waals surface area (Å²) in [5.41, 5.74) is -0.0596. The van der Waals surface area contributed by atoms with Gasteiger partial charge in [0.25, 0.3) is 0 Å². The molecule has 0 saturated carbocycles. The summed E-state index contributed by atoms with van der Waals surface area (Å²) in [6.45, 7) is 11.6. The number of hydrogen-bond donors (Lipinski definition) is 3. The van der Waals surface area contributed by atoms with Gasteiger partial charge in [0.15, 0.2) is 0 Å². The maximum absolute atomic E-state index is 12.8. The van der Waals surface area contributed by atoms with E-state index in [9.17, 15) is 19.2 Å². The molecule has 1 aromatic rings. The highest BCUT2D eigenvalue weighted by Crippen LogP contribution is 2.28. The van der Waals surface area contributed by atoms with E-state index >= 15 is 0 Å². The second-order valence-electron chi connectivity index (χ2n) is 9.84. The molecule has 3 N–H and O–H groups in total. The molecule has 0 spiro atoms. The van der Waals surface area contributed by atoms with Crippen LogP contribution in [0.3, 0.4) is 0 Å². The van der Waals surface area contributed by atoms with Gasteiger partial charge in [0.2, 0.25) is 17.7 Å². The lowest BCUT2D eigenvalue weighted by atomic mass is 10.1. The Morgan fingerprint density at radius 3 is 2.16 bits per heavy atom. The molecule has 4 amide bonds. The number of ether oxygens (including phenoxy) is 1. The number of para-hydroxylation sites is 2. The van der Waals surface area contributed by atoms with Crippen LogP contribution in [-0.2, 0) is 19.1 Å². The molecule has 1 fully saturated rings. The van der Waals surface area contributed by atoms with Crippen LogP contribution in [0.15, 0.2) is 24.3 Å². The minimum atomic E-state index is -0.614. The Morgan fingerprint density at radius 2 is 1.62 bits per heavy atom. The molecule has 0 radical (unpaired) electrons. The van der Waals surface area contributed by atoms with E-state index in [4.69, 9.17) is 4.74 Å². The first-order valence-corrected chi connectivity index (χ1v) is 10.7. The summed E-state index contributed by atoms with van der Waals surface area (Å²) >= 11 is 0. The number of likely N-dealkylation sites (tertiary alicyclic amines) is 1. The third kappa shape index (κ3) is 7.55. The van der Waals surface area contributed by atoms with Gasteiger partial charge in [-0.15, -0.1) is 0 Å². The zero-order valence-electron chi connectivity index (χ0n) is 19.7. The molecule has 2 rings (SSSR count). The highest BCUT2D eigenvalue weighted by molar-refractivity contribution is 6.02.